The van der Waals surface area contributed by atoms with Gasteiger partial charge in [-0.3, -0.25) is 4.68 Å². The molecule has 3 aromatic heterocycles. The molecule has 1 aliphatic rings. The van der Waals surface area contributed by atoms with E-state index in [-0.39, 0.29) is 0 Å². The average Bonchev–Trinajstić information content (AvgIpc) is 3.35. The largest absolute Gasteiger partial charge is 0.275 e. The molecule has 0 unspecified atom stereocenters. The monoisotopic (exact) mass is 365 g/mol. The molecule has 0 fully saturated rings. The van der Waals surface area contributed by atoms with E-state index in [1.807, 2.05) is 26.2 Å². The average molecular weight is 365 g/mol. The smallest absolute Gasteiger partial charge is 0.221 e. The van der Waals surface area contributed by atoms with E-state index in [9.17, 15) is 0 Å². The molecule has 0 atom stereocenters. The van der Waals surface area contributed by atoms with Gasteiger partial charge in [-0.15, -0.1) is 5.10 Å². The van der Waals surface area contributed by atoms with E-state index in [1.54, 1.807) is 27.3 Å². The standard InChI is InChI=1S/C16H15N9S/c1-4-12-16(26-9-18-12)20-10(2)7-25-15-14(22-23-25)17-6-13(21-15)11-5-19-24(3)8-11/h4-6,8-9H,2,7H2,1,3H3/b12-4+,20-16+. The number of hydrogen-bond acceptors (Lipinski definition) is 8. The minimum Gasteiger partial charge on any atom is -0.275 e. The second kappa shape index (κ2) is 6.64. The summed E-state index contributed by atoms with van der Waals surface area (Å²) in [7, 11) is 1.86. The molecule has 9 nitrogen and oxygen atoms in total. The summed E-state index contributed by atoms with van der Waals surface area (Å²) in [6, 6.07) is 0. The molecule has 130 valence electrons. The summed E-state index contributed by atoms with van der Waals surface area (Å²) >= 11 is 1.47. The number of aromatic nitrogens is 7. The second-order valence-corrected chi connectivity index (χ2v) is 6.39. The maximum atomic E-state index is 4.63. The zero-order valence-electron chi connectivity index (χ0n) is 14.2. The van der Waals surface area contributed by atoms with Gasteiger partial charge in [-0.1, -0.05) is 29.6 Å². The second-order valence-electron chi connectivity index (χ2n) is 5.56. The van der Waals surface area contributed by atoms with E-state index in [1.165, 1.54) is 11.8 Å². The highest BCUT2D eigenvalue weighted by atomic mass is 32.2. The molecule has 1 aliphatic heterocycles. The fourth-order valence-electron chi connectivity index (χ4n) is 2.44. The van der Waals surface area contributed by atoms with Crippen LogP contribution in [-0.2, 0) is 13.6 Å². The lowest BCUT2D eigenvalue weighted by Gasteiger charge is -2.03. The van der Waals surface area contributed by atoms with Crippen LogP contribution in [0.5, 0.6) is 0 Å². The molecule has 0 amide bonds. The highest BCUT2D eigenvalue weighted by Gasteiger charge is 2.14. The van der Waals surface area contributed by atoms with Crippen molar-refractivity contribution in [2.75, 3.05) is 0 Å². The predicted octanol–water partition coefficient (Wildman–Crippen LogP) is 2.21. The number of fused-ring (bicyclic) bond motifs is 1. The van der Waals surface area contributed by atoms with E-state index >= 15 is 0 Å². The van der Waals surface area contributed by atoms with Crippen molar-refractivity contribution in [3.63, 3.8) is 0 Å². The lowest BCUT2D eigenvalue weighted by Crippen LogP contribution is -2.04. The third-order valence-corrected chi connectivity index (χ3v) is 4.40. The highest BCUT2D eigenvalue weighted by Crippen LogP contribution is 2.22. The quantitative estimate of drug-likeness (QED) is 0.703. The predicted molar refractivity (Wildman–Crippen MR) is 102 cm³/mol. The summed E-state index contributed by atoms with van der Waals surface area (Å²) in [5.74, 6) is 0. The molecular formula is C16H15N9S. The molecule has 0 spiro atoms. The van der Waals surface area contributed by atoms with Crippen molar-refractivity contribution < 1.29 is 0 Å². The number of rotatable bonds is 4. The number of aryl methyl sites for hydroxylation is 1. The van der Waals surface area contributed by atoms with E-state index in [4.69, 9.17) is 0 Å². The first-order valence-corrected chi connectivity index (χ1v) is 8.69. The van der Waals surface area contributed by atoms with E-state index in [0.29, 0.717) is 29.2 Å². The summed E-state index contributed by atoms with van der Waals surface area (Å²) in [5.41, 5.74) is 5.89. The van der Waals surface area contributed by atoms with E-state index in [2.05, 4.69) is 41.9 Å². The van der Waals surface area contributed by atoms with Crippen LogP contribution in [0.25, 0.3) is 22.6 Å². The van der Waals surface area contributed by atoms with Gasteiger partial charge in [0, 0.05) is 18.8 Å². The Labute approximate surface area is 153 Å². The van der Waals surface area contributed by atoms with Crippen LogP contribution in [0.15, 0.2) is 52.6 Å². The number of thioether (sulfide) groups is 1. The molecule has 0 saturated carbocycles. The van der Waals surface area contributed by atoms with Gasteiger partial charge in [0.25, 0.3) is 0 Å². The fraction of sp³-hybridized carbons (Fsp3) is 0.188. The Morgan fingerprint density at radius 1 is 1.38 bits per heavy atom. The van der Waals surface area contributed by atoms with Crippen LogP contribution in [0.3, 0.4) is 0 Å². The number of nitrogens with zero attached hydrogens (tertiary/aromatic N) is 9. The maximum absolute atomic E-state index is 4.63. The normalized spacial score (nSPS) is 17.0. The first-order chi connectivity index (χ1) is 12.6. The highest BCUT2D eigenvalue weighted by molar-refractivity contribution is 8.26. The van der Waals surface area contributed by atoms with Gasteiger partial charge in [-0.2, -0.15) is 5.10 Å². The van der Waals surface area contributed by atoms with Crippen LogP contribution >= 0.6 is 11.8 Å². The molecule has 0 N–H and O–H groups in total. The van der Waals surface area contributed by atoms with Gasteiger partial charge in [0.05, 0.1) is 41.6 Å². The van der Waals surface area contributed by atoms with Crippen molar-refractivity contribution in [1.29, 1.82) is 0 Å². The molecule has 0 aliphatic carbocycles. The Morgan fingerprint density at radius 3 is 3.04 bits per heavy atom. The van der Waals surface area contributed by atoms with Gasteiger partial charge in [0.15, 0.2) is 5.65 Å². The van der Waals surface area contributed by atoms with Gasteiger partial charge in [0.1, 0.15) is 5.04 Å². The van der Waals surface area contributed by atoms with Crippen molar-refractivity contribution in [3.8, 4) is 11.3 Å². The molecule has 26 heavy (non-hydrogen) atoms. The summed E-state index contributed by atoms with van der Waals surface area (Å²) < 4.78 is 3.36. The van der Waals surface area contributed by atoms with E-state index in [0.717, 1.165) is 16.3 Å². The topological polar surface area (TPSA) is 99.0 Å². The minimum atomic E-state index is 0.364. The number of aliphatic imine (C=N–C) groups is 2. The Kier molecular flexibility index (Phi) is 4.17. The van der Waals surface area contributed by atoms with Gasteiger partial charge in [-0.25, -0.2) is 24.6 Å². The fourth-order valence-corrected chi connectivity index (χ4v) is 3.18. The Hall–Kier alpha value is -3.14. The summed E-state index contributed by atoms with van der Waals surface area (Å²) in [6.07, 6.45) is 7.20. The molecule has 0 aromatic carbocycles. The Balaban J connectivity index is 1.62. The van der Waals surface area contributed by atoms with Crippen molar-refractivity contribution in [2.24, 2.45) is 17.0 Å². The van der Waals surface area contributed by atoms with Crippen molar-refractivity contribution in [2.45, 2.75) is 13.5 Å². The zero-order valence-corrected chi connectivity index (χ0v) is 15.1. The summed E-state index contributed by atoms with van der Waals surface area (Å²) in [4.78, 5) is 17.7. The Bertz CT molecular complexity index is 1090. The molecule has 0 radical (unpaired) electrons. The van der Waals surface area contributed by atoms with Crippen LogP contribution in [0, 0.1) is 0 Å². The lowest BCUT2D eigenvalue weighted by atomic mass is 10.3. The van der Waals surface area contributed by atoms with Crippen molar-refractivity contribution in [1.82, 2.24) is 34.7 Å². The molecule has 0 bridgehead atoms. The third kappa shape index (κ3) is 3.06. The SMILES string of the molecule is C=C(Cn1nnc2ncc(-c3cnn(C)c3)nc21)/N=C1/SC=N/C1=C/C. The number of allylic oxidation sites excluding steroid dienone is 2. The maximum Gasteiger partial charge on any atom is 0.221 e. The van der Waals surface area contributed by atoms with E-state index < -0.39 is 0 Å². The Morgan fingerprint density at radius 2 is 2.27 bits per heavy atom. The zero-order chi connectivity index (χ0) is 18.1. The van der Waals surface area contributed by atoms with Gasteiger partial charge in [-0.05, 0) is 6.92 Å². The third-order valence-electron chi connectivity index (χ3n) is 3.67. The molecule has 0 saturated heterocycles. The molecule has 4 rings (SSSR count). The van der Waals surface area contributed by atoms with Crippen LogP contribution < -0.4 is 0 Å². The molecule has 3 aromatic rings. The van der Waals surface area contributed by atoms with Crippen LogP contribution in [0.4, 0.5) is 0 Å². The summed E-state index contributed by atoms with van der Waals surface area (Å²) in [5, 5.41) is 13.2. The van der Waals surface area contributed by atoms with Crippen molar-refractivity contribution in [3.05, 3.63) is 42.6 Å². The first-order valence-electron chi connectivity index (χ1n) is 7.81. The van der Waals surface area contributed by atoms with Gasteiger partial charge < -0.3 is 0 Å². The minimum absolute atomic E-state index is 0.364. The molecular weight excluding hydrogens is 350 g/mol. The van der Waals surface area contributed by atoms with Gasteiger partial charge >= 0.3 is 0 Å². The first kappa shape index (κ1) is 16.3. The van der Waals surface area contributed by atoms with Crippen LogP contribution in [0.1, 0.15) is 6.92 Å². The van der Waals surface area contributed by atoms with Crippen molar-refractivity contribution >= 4 is 33.6 Å². The molecule has 4 heterocycles. The van der Waals surface area contributed by atoms with Crippen LogP contribution in [0.2, 0.25) is 0 Å². The number of hydrogen-bond donors (Lipinski definition) is 0. The molecule has 10 heteroatoms. The van der Waals surface area contributed by atoms with Crippen LogP contribution in [-0.4, -0.2) is 45.3 Å². The lowest BCUT2D eigenvalue weighted by molar-refractivity contribution is 0.654. The summed E-state index contributed by atoms with van der Waals surface area (Å²) in [6.45, 7) is 6.31. The van der Waals surface area contributed by atoms with Gasteiger partial charge in [0.2, 0.25) is 5.65 Å².